The number of fused-ring (bicyclic) bond motifs is 1. The minimum atomic E-state index is 0.316. The molecule has 0 unspecified atom stereocenters. The van der Waals surface area contributed by atoms with Gasteiger partial charge in [-0.2, -0.15) is 0 Å². The normalized spacial score (nSPS) is 30.5. The lowest BCUT2D eigenvalue weighted by molar-refractivity contribution is -0.129. The standard InChI is InChI=1S/C11H16BrNO/c12-6-5-11(14)13-7-9-3-1-2-4-10(9)8-13/h1-2,9-10H,3-8H2/t9-,10+. The van der Waals surface area contributed by atoms with Crippen LogP contribution in [-0.2, 0) is 4.79 Å². The van der Waals surface area contributed by atoms with Gasteiger partial charge in [0.25, 0.3) is 0 Å². The Hall–Kier alpha value is -0.310. The van der Waals surface area contributed by atoms with Gasteiger partial charge in [-0.05, 0) is 24.7 Å². The number of amides is 1. The molecule has 0 aromatic carbocycles. The third kappa shape index (κ3) is 2.02. The SMILES string of the molecule is O=C(CCBr)N1C[C@H]2CC=CC[C@H]2C1. The highest BCUT2D eigenvalue weighted by Gasteiger charge is 2.34. The Balaban J connectivity index is 1.91. The molecular formula is C11H16BrNO. The van der Waals surface area contributed by atoms with Gasteiger partial charge in [-0.25, -0.2) is 0 Å². The number of nitrogens with zero attached hydrogens (tertiary/aromatic N) is 1. The maximum absolute atomic E-state index is 11.7. The number of carbonyl (C=O) groups is 1. The van der Waals surface area contributed by atoms with Gasteiger partial charge in [0.2, 0.25) is 5.91 Å². The van der Waals surface area contributed by atoms with E-state index in [4.69, 9.17) is 0 Å². The van der Waals surface area contributed by atoms with Crippen molar-refractivity contribution in [2.45, 2.75) is 19.3 Å². The molecule has 0 saturated carbocycles. The molecule has 1 fully saturated rings. The van der Waals surface area contributed by atoms with E-state index in [1.54, 1.807) is 0 Å². The Morgan fingerprint density at radius 3 is 2.36 bits per heavy atom. The van der Waals surface area contributed by atoms with Crippen LogP contribution in [0.3, 0.4) is 0 Å². The van der Waals surface area contributed by atoms with Gasteiger partial charge in [0, 0.05) is 24.8 Å². The number of alkyl halides is 1. The first-order valence-corrected chi connectivity index (χ1v) is 6.42. The summed E-state index contributed by atoms with van der Waals surface area (Å²) in [6.07, 6.45) is 7.51. The molecule has 2 aliphatic rings. The van der Waals surface area contributed by atoms with Crippen LogP contribution in [0.25, 0.3) is 0 Å². The van der Waals surface area contributed by atoms with E-state index >= 15 is 0 Å². The smallest absolute Gasteiger partial charge is 0.223 e. The van der Waals surface area contributed by atoms with E-state index in [0.29, 0.717) is 12.3 Å². The number of allylic oxidation sites excluding steroid dienone is 2. The summed E-state index contributed by atoms with van der Waals surface area (Å²) in [7, 11) is 0. The fourth-order valence-corrected chi connectivity index (χ4v) is 2.80. The van der Waals surface area contributed by atoms with E-state index < -0.39 is 0 Å². The third-order valence-electron chi connectivity index (χ3n) is 3.28. The first kappa shape index (κ1) is 10.2. The van der Waals surface area contributed by atoms with Crippen molar-refractivity contribution in [3.8, 4) is 0 Å². The lowest BCUT2D eigenvalue weighted by atomic mass is 9.86. The highest BCUT2D eigenvalue weighted by atomic mass is 79.9. The maximum atomic E-state index is 11.7. The zero-order chi connectivity index (χ0) is 9.97. The van der Waals surface area contributed by atoms with Crippen LogP contribution >= 0.6 is 15.9 Å². The predicted octanol–water partition coefficient (Wildman–Crippen LogP) is 2.20. The zero-order valence-electron chi connectivity index (χ0n) is 8.29. The van der Waals surface area contributed by atoms with E-state index in [1.165, 1.54) is 12.8 Å². The largest absolute Gasteiger partial charge is 0.342 e. The van der Waals surface area contributed by atoms with Gasteiger partial charge in [0.05, 0.1) is 0 Å². The molecule has 2 atom stereocenters. The number of carbonyl (C=O) groups excluding carboxylic acids is 1. The van der Waals surface area contributed by atoms with Gasteiger partial charge in [0.15, 0.2) is 0 Å². The highest BCUT2D eigenvalue weighted by molar-refractivity contribution is 9.09. The average Bonchev–Trinajstić information content (AvgIpc) is 2.61. The lowest BCUT2D eigenvalue weighted by Crippen LogP contribution is -2.28. The van der Waals surface area contributed by atoms with Crippen molar-refractivity contribution < 1.29 is 4.79 Å². The molecule has 1 heterocycles. The summed E-state index contributed by atoms with van der Waals surface area (Å²) in [6, 6.07) is 0. The molecule has 0 aromatic rings. The summed E-state index contributed by atoms with van der Waals surface area (Å²) in [4.78, 5) is 13.7. The molecule has 0 N–H and O–H groups in total. The molecule has 1 amide bonds. The molecular weight excluding hydrogens is 242 g/mol. The highest BCUT2D eigenvalue weighted by Crippen LogP contribution is 2.32. The van der Waals surface area contributed by atoms with Gasteiger partial charge in [0.1, 0.15) is 0 Å². The van der Waals surface area contributed by atoms with Crippen molar-refractivity contribution in [1.29, 1.82) is 0 Å². The van der Waals surface area contributed by atoms with Crippen LogP contribution in [0.5, 0.6) is 0 Å². The molecule has 2 nitrogen and oxygen atoms in total. The minimum Gasteiger partial charge on any atom is -0.342 e. The van der Waals surface area contributed by atoms with Crippen molar-refractivity contribution in [1.82, 2.24) is 4.90 Å². The topological polar surface area (TPSA) is 20.3 Å². The third-order valence-corrected chi connectivity index (χ3v) is 3.68. The Labute approximate surface area is 93.5 Å². The minimum absolute atomic E-state index is 0.316. The fourth-order valence-electron chi connectivity index (χ4n) is 2.46. The van der Waals surface area contributed by atoms with E-state index in [0.717, 1.165) is 30.3 Å². The summed E-state index contributed by atoms with van der Waals surface area (Å²) >= 11 is 3.31. The molecule has 1 aliphatic carbocycles. The van der Waals surface area contributed by atoms with Gasteiger partial charge in [-0.1, -0.05) is 28.1 Å². The van der Waals surface area contributed by atoms with Gasteiger partial charge >= 0.3 is 0 Å². The van der Waals surface area contributed by atoms with E-state index in [-0.39, 0.29) is 0 Å². The van der Waals surface area contributed by atoms with Crippen LogP contribution in [0.15, 0.2) is 12.2 Å². The van der Waals surface area contributed by atoms with Gasteiger partial charge in [-0.3, -0.25) is 4.79 Å². The Morgan fingerprint density at radius 2 is 1.86 bits per heavy atom. The molecule has 14 heavy (non-hydrogen) atoms. The molecule has 78 valence electrons. The van der Waals surface area contributed by atoms with Crippen molar-refractivity contribution >= 4 is 21.8 Å². The Morgan fingerprint density at radius 1 is 1.29 bits per heavy atom. The van der Waals surface area contributed by atoms with Crippen molar-refractivity contribution in [3.05, 3.63) is 12.2 Å². The van der Waals surface area contributed by atoms with Crippen LogP contribution < -0.4 is 0 Å². The molecule has 0 bridgehead atoms. The Kier molecular flexibility index (Phi) is 3.26. The molecule has 2 rings (SSSR count). The number of rotatable bonds is 2. The van der Waals surface area contributed by atoms with Crippen molar-refractivity contribution in [3.63, 3.8) is 0 Å². The molecule has 0 radical (unpaired) electrons. The lowest BCUT2D eigenvalue weighted by Gasteiger charge is -2.17. The molecule has 3 heteroatoms. The second-order valence-electron chi connectivity index (χ2n) is 4.20. The zero-order valence-corrected chi connectivity index (χ0v) is 9.87. The second-order valence-corrected chi connectivity index (χ2v) is 4.99. The van der Waals surface area contributed by atoms with Crippen LogP contribution in [-0.4, -0.2) is 29.2 Å². The first-order chi connectivity index (χ1) is 6.81. The summed E-state index contributed by atoms with van der Waals surface area (Å²) in [5, 5.41) is 0.788. The van der Waals surface area contributed by atoms with E-state index in [1.807, 2.05) is 4.90 Å². The Bertz CT molecular complexity index is 236. The molecule has 0 spiro atoms. The van der Waals surface area contributed by atoms with Gasteiger partial charge in [-0.15, -0.1) is 0 Å². The average molecular weight is 258 g/mol. The molecule has 1 saturated heterocycles. The number of hydrogen-bond acceptors (Lipinski definition) is 1. The van der Waals surface area contributed by atoms with E-state index in [2.05, 4.69) is 28.1 Å². The van der Waals surface area contributed by atoms with Crippen LogP contribution in [0.4, 0.5) is 0 Å². The van der Waals surface area contributed by atoms with Crippen LogP contribution in [0.2, 0.25) is 0 Å². The summed E-state index contributed by atoms with van der Waals surface area (Å²) in [6.45, 7) is 1.97. The summed E-state index contributed by atoms with van der Waals surface area (Å²) < 4.78 is 0. The van der Waals surface area contributed by atoms with Crippen LogP contribution in [0, 0.1) is 11.8 Å². The number of likely N-dealkylation sites (tertiary alicyclic amines) is 1. The summed E-state index contributed by atoms with van der Waals surface area (Å²) in [5.41, 5.74) is 0. The summed E-state index contributed by atoms with van der Waals surface area (Å²) in [5.74, 6) is 1.79. The fraction of sp³-hybridized carbons (Fsp3) is 0.727. The second kappa shape index (κ2) is 4.47. The van der Waals surface area contributed by atoms with E-state index in [9.17, 15) is 4.79 Å². The monoisotopic (exact) mass is 257 g/mol. The van der Waals surface area contributed by atoms with Gasteiger partial charge < -0.3 is 4.90 Å². The van der Waals surface area contributed by atoms with Crippen LogP contribution in [0.1, 0.15) is 19.3 Å². The number of halogens is 1. The number of hydrogen-bond donors (Lipinski definition) is 0. The quantitative estimate of drug-likeness (QED) is 0.549. The van der Waals surface area contributed by atoms with Crippen molar-refractivity contribution in [2.75, 3.05) is 18.4 Å². The maximum Gasteiger partial charge on any atom is 0.223 e. The van der Waals surface area contributed by atoms with Crippen molar-refractivity contribution in [2.24, 2.45) is 11.8 Å². The first-order valence-electron chi connectivity index (χ1n) is 5.30. The molecule has 1 aliphatic heterocycles. The predicted molar refractivity (Wildman–Crippen MR) is 60.3 cm³/mol. The molecule has 0 aromatic heterocycles.